The number of hydrogen-bond donors (Lipinski definition) is 1. The van der Waals surface area contributed by atoms with Crippen molar-refractivity contribution in [3.8, 4) is 0 Å². The van der Waals surface area contributed by atoms with Gasteiger partial charge in [-0.25, -0.2) is 0 Å². The summed E-state index contributed by atoms with van der Waals surface area (Å²) in [4.78, 5) is 83.0. The minimum atomic E-state index is -1.81. The van der Waals surface area contributed by atoms with Crippen LogP contribution in [-0.2, 0) is 80.9 Å². The summed E-state index contributed by atoms with van der Waals surface area (Å²) in [6.45, 7) is 6.15. The topological polar surface area (TPSA) is 232 Å². The molecule has 248 valence electrons. The molecule has 10 atom stereocenters. The molecule has 0 aromatic rings. The van der Waals surface area contributed by atoms with Gasteiger partial charge in [-0.3, -0.25) is 33.6 Å². The van der Waals surface area contributed by atoms with E-state index in [1.807, 2.05) is 0 Å². The smallest absolute Gasteiger partial charge is 0.303 e. The van der Waals surface area contributed by atoms with Crippen LogP contribution in [0.25, 0.3) is 0 Å². The molecule has 44 heavy (non-hydrogen) atoms. The molecule has 0 amide bonds. The lowest BCUT2D eigenvalue weighted by Gasteiger charge is -2.44. The Morgan fingerprint density at radius 2 is 1.07 bits per heavy atom. The number of carbonyl (C=O) groups is 7. The highest BCUT2D eigenvalue weighted by atomic mass is 16.7. The maximum atomic E-state index is 12.1. The third kappa shape index (κ3) is 10.7. The Kier molecular flexibility index (Phi) is 13.4. The second-order valence-corrected chi connectivity index (χ2v) is 9.69. The van der Waals surface area contributed by atoms with Gasteiger partial charge in [-0.2, -0.15) is 0 Å². The summed E-state index contributed by atoms with van der Waals surface area (Å²) in [6, 6.07) is 0. The van der Waals surface area contributed by atoms with Crippen molar-refractivity contribution in [1.29, 1.82) is 0 Å². The van der Waals surface area contributed by atoms with Crippen molar-refractivity contribution in [1.82, 2.24) is 0 Å². The number of aliphatic hydroxyl groups is 1. The maximum absolute atomic E-state index is 12.1. The molecule has 6 unspecified atom stereocenters. The summed E-state index contributed by atoms with van der Waals surface area (Å²) < 4.78 is 53.6. The van der Waals surface area contributed by atoms with Crippen molar-refractivity contribution in [2.45, 2.75) is 110 Å². The first-order valence-electron chi connectivity index (χ1n) is 13.3. The predicted molar refractivity (Wildman–Crippen MR) is 135 cm³/mol. The third-order valence-corrected chi connectivity index (χ3v) is 5.89. The summed E-state index contributed by atoms with van der Waals surface area (Å²) >= 11 is 0. The SMILES string of the molecule is CC(=O)OCC1O[C@H](OCC(OC(C)=O)[C@@H]2O[C@@H](O)C(OC(C)=O)C2OC(C)=O)C(OC(C)=O)C(OC(C)=O)[C@@H]1OC(C)=O. The molecule has 18 nitrogen and oxygen atoms in total. The van der Waals surface area contributed by atoms with Gasteiger partial charge in [0, 0.05) is 48.5 Å². The van der Waals surface area contributed by atoms with E-state index in [2.05, 4.69) is 0 Å². The molecule has 2 saturated heterocycles. The average molecular weight is 637 g/mol. The van der Waals surface area contributed by atoms with Crippen LogP contribution in [0.4, 0.5) is 0 Å². The van der Waals surface area contributed by atoms with Gasteiger partial charge in [0.1, 0.15) is 18.8 Å². The monoisotopic (exact) mass is 636 g/mol. The van der Waals surface area contributed by atoms with E-state index in [4.69, 9.17) is 47.4 Å². The lowest BCUT2D eigenvalue weighted by molar-refractivity contribution is -0.313. The quantitative estimate of drug-likeness (QED) is 0.192. The van der Waals surface area contributed by atoms with Crippen molar-refractivity contribution in [3.05, 3.63) is 0 Å². The van der Waals surface area contributed by atoms with Crippen molar-refractivity contribution in [2.75, 3.05) is 13.2 Å². The molecule has 0 radical (unpaired) electrons. The van der Waals surface area contributed by atoms with E-state index in [0.717, 1.165) is 48.5 Å². The normalized spacial score (nSPS) is 30.2. The molecule has 1 N–H and O–H groups in total. The minimum absolute atomic E-state index is 0.526. The molecule has 0 spiro atoms. The second-order valence-electron chi connectivity index (χ2n) is 9.69. The molecule has 2 rings (SSSR count). The van der Waals surface area contributed by atoms with Crippen LogP contribution in [0, 0.1) is 0 Å². The first-order chi connectivity index (χ1) is 20.5. The molecule has 2 fully saturated rings. The number of hydrogen-bond acceptors (Lipinski definition) is 18. The Bertz CT molecular complexity index is 1090. The van der Waals surface area contributed by atoms with E-state index in [-0.39, 0.29) is 0 Å². The largest absolute Gasteiger partial charge is 0.463 e. The Hall–Kier alpha value is -3.87. The number of rotatable bonds is 12. The zero-order chi connectivity index (χ0) is 33.3. The van der Waals surface area contributed by atoms with Gasteiger partial charge in [-0.15, -0.1) is 0 Å². The minimum Gasteiger partial charge on any atom is -0.463 e. The predicted octanol–water partition coefficient (Wildman–Crippen LogP) is -1.40. The molecule has 2 aliphatic heterocycles. The molecule has 0 aromatic heterocycles. The molecule has 0 bridgehead atoms. The van der Waals surface area contributed by atoms with Gasteiger partial charge in [-0.05, 0) is 0 Å². The number of carbonyl (C=O) groups excluding carboxylic acids is 7. The summed E-state index contributed by atoms with van der Waals surface area (Å²) in [6.07, 6.45) is -15.3. The fraction of sp³-hybridized carbons (Fsp3) is 0.731. The van der Waals surface area contributed by atoms with Crippen LogP contribution in [0.5, 0.6) is 0 Å². The van der Waals surface area contributed by atoms with E-state index in [0.29, 0.717) is 0 Å². The Morgan fingerprint density at radius 1 is 0.591 bits per heavy atom. The lowest BCUT2D eigenvalue weighted by Crippen LogP contribution is -2.63. The Labute approximate surface area is 251 Å². The molecule has 0 aliphatic carbocycles. The first-order valence-corrected chi connectivity index (χ1v) is 13.3. The van der Waals surface area contributed by atoms with E-state index >= 15 is 0 Å². The first kappa shape index (κ1) is 36.3. The van der Waals surface area contributed by atoms with Crippen LogP contribution in [0.15, 0.2) is 0 Å². The van der Waals surface area contributed by atoms with Crippen molar-refractivity contribution >= 4 is 41.8 Å². The summed E-state index contributed by atoms with van der Waals surface area (Å²) in [7, 11) is 0. The van der Waals surface area contributed by atoms with Gasteiger partial charge >= 0.3 is 41.8 Å². The van der Waals surface area contributed by atoms with Gasteiger partial charge in [0.2, 0.25) is 0 Å². The number of aliphatic hydroxyl groups excluding tert-OH is 1. The Balaban J connectivity index is 2.47. The summed E-state index contributed by atoms with van der Waals surface area (Å²) in [5, 5.41) is 10.4. The fourth-order valence-electron chi connectivity index (χ4n) is 4.53. The molecule has 2 aliphatic rings. The van der Waals surface area contributed by atoms with Gasteiger partial charge in [0.25, 0.3) is 0 Å². The zero-order valence-electron chi connectivity index (χ0n) is 25.1. The van der Waals surface area contributed by atoms with Gasteiger partial charge in [-0.1, -0.05) is 0 Å². The summed E-state index contributed by atoms with van der Waals surface area (Å²) in [5.41, 5.74) is 0. The van der Waals surface area contributed by atoms with Crippen LogP contribution < -0.4 is 0 Å². The highest BCUT2D eigenvalue weighted by Gasteiger charge is 2.55. The van der Waals surface area contributed by atoms with E-state index < -0.39 is 116 Å². The van der Waals surface area contributed by atoms with E-state index in [1.165, 1.54) is 0 Å². The van der Waals surface area contributed by atoms with Crippen LogP contribution in [-0.4, -0.2) is 122 Å². The lowest BCUT2D eigenvalue weighted by atomic mass is 9.98. The molecule has 18 heteroatoms. The van der Waals surface area contributed by atoms with E-state index in [9.17, 15) is 38.7 Å². The molecular weight excluding hydrogens is 600 g/mol. The van der Waals surface area contributed by atoms with Crippen molar-refractivity contribution in [3.63, 3.8) is 0 Å². The van der Waals surface area contributed by atoms with Gasteiger partial charge in [0.15, 0.2) is 49.2 Å². The molecular formula is C26H36O18. The van der Waals surface area contributed by atoms with E-state index in [1.54, 1.807) is 0 Å². The third-order valence-electron chi connectivity index (χ3n) is 5.89. The van der Waals surface area contributed by atoms with Gasteiger partial charge in [0.05, 0.1) is 6.61 Å². The number of esters is 7. The maximum Gasteiger partial charge on any atom is 0.303 e. The van der Waals surface area contributed by atoms with Crippen molar-refractivity contribution in [2.24, 2.45) is 0 Å². The molecule has 0 aromatic carbocycles. The highest BCUT2D eigenvalue weighted by Crippen LogP contribution is 2.32. The second kappa shape index (κ2) is 16.3. The van der Waals surface area contributed by atoms with Crippen LogP contribution in [0.2, 0.25) is 0 Å². The van der Waals surface area contributed by atoms with Crippen molar-refractivity contribution < 1.29 is 86.0 Å². The number of ether oxygens (including phenoxy) is 10. The fourth-order valence-corrected chi connectivity index (χ4v) is 4.53. The zero-order valence-corrected chi connectivity index (χ0v) is 25.1. The Morgan fingerprint density at radius 3 is 1.57 bits per heavy atom. The highest BCUT2D eigenvalue weighted by molar-refractivity contribution is 5.69. The van der Waals surface area contributed by atoms with Crippen LogP contribution >= 0.6 is 0 Å². The van der Waals surface area contributed by atoms with Gasteiger partial charge < -0.3 is 52.5 Å². The summed E-state index contributed by atoms with van der Waals surface area (Å²) in [5.74, 6) is -5.88. The molecule has 0 saturated carbocycles. The standard InChI is InChI=1S/C26H36O18/c1-10(27)35-8-18-19(38-12(3)29)22(40-14(5)31)24(42-16(7)33)26(43-18)36-9-17(37-11(2)28)20-21(39-13(4)30)23(25(34)44-20)41-15(6)32/h17-26,34H,8-9H2,1-7H3/t17?,18?,19-,20+,21?,22?,23?,24?,25-,26+/m1/s1. The van der Waals surface area contributed by atoms with Crippen LogP contribution in [0.1, 0.15) is 48.5 Å². The molecule has 2 heterocycles. The van der Waals surface area contributed by atoms with Crippen LogP contribution in [0.3, 0.4) is 0 Å². The average Bonchev–Trinajstić information content (AvgIpc) is 3.16.